The molecule has 0 spiro atoms. The molecule has 5 aromatic rings. The SMILES string of the molecule is Cc1cc(OCc2ccc(C(=O)N/N=C\c3c4ccccc4c(Cl)c4ccccc34)cc2)ccc1Cl. The van der Waals surface area contributed by atoms with E-state index < -0.39 is 0 Å². The zero-order valence-electron chi connectivity index (χ0n) is 19.5. The number of carbonyl (C=O) groups excluding carboxylic acids is 1. The van der Waals surface area contributed by atoms with Crippen LogP contribution in [0.15, 0.2) is 96.1 Å². The standard InChI is InChI=1S/C30H22Cl2N2O2/c1-19-16-22(14-15-28(19)31)36-18-20-10-12-21(13-11-20)30(35)34-33-17-27-23-6-2-4-8-25(23)29(32)26-9-5-3-7-24(26)27/h2-17H,18H2,1H3,(H,34,35)/b33-17-. The summed E-state index contributed by atoms with van der Waals surface area (Å²) in [6, 6.07) is 28.6. The van der Waals surface area contributed by atoms with E-state index in [1.807, 2.05) is 85.8 Å². The molecule has 0 aliphatic heterocycles. The van der Waals surface area contributed by atoms with Gasteiger partial charge in [0.25, 0.3) is 5.91 Å². The van der Waals surface area contributed by atoms with E-state index in [4.69, 9.17) is 27.9 Å². The molecule has 6 heteroatoms. The summed E-state index contributed by atoms with van der Waals surface area (Å²) in [7, 11) is 0. The van der Waals surface area contributed by atoms with Crippen LogP contribution in [0.1, 0.15) is 27.0 Å². The summed E-state index contributed by atoms with van der Waals surface area (Å²) in [4.78, 5) is 12.7. The maximum Gasteiger partial charge on any atom is 0.271 e. The van der Waals surface area contributed by atoms with Gasteiger partial charge < -0.3 is 4.74 Å². The van der Waals surface area contributed by atoms with Crippen LogP contribution in [0.25, 0.3) is 21.5 Å². The van der Waals surface area contributed by atoms with Gasteiger partial charge in [0.15, 0.2) is 0 Å². The van der Waals surface area contributed by atoms with E-state index in [0.29, 0.717) is 22.2 Å². The Morgan fingerprint density at radius 2 is 1.47 bits per heavy atom. The third-order valence-corrected chi connectivity index (χ3v) is 6.85. The van der Waals surface area contributed by atoms with Gasteiger partial charge in [-0.15, -0.1) is 0 Å². The molecular formula is C30H22Cl2N2O2. The van der Waals surface area contributed by atoms with Crippen molar-refractivity contribution in [2.24, 2.45) is 5.10 Å². The molecule has 0 atom stereocenters. The van der Waals surface area contributed by atoms with Gasteiger partial charge in [-0.1, -0.05) is 83.9 Å². The topological polar surface area (TPSA) is 50.7 Å². The second-order valence-electron chi connectivity index (χ2n) is 8.41. The van der Waals surface area contributed by atoms with Crippen molar-refractivity contribution in [2.45, 2.75) is 13.5 Å². The second kappa shape index (κ2) is 10.4. The Hall–Kier alpha value is -3.86. The first-order valence-corrected chi connectivity index (χ1v) is 12.2. The van der Waals surface area contributed by atoms with Gasteiger partial charge in [0.1, 0.15) is 12.4 Å². The summed E-state index contributed by atoms with van der Waals surface area (Å²) in [6.07, 6.45) is 1.68. The first kappa shape index (κ1) is 23.9. The number of hydrogen-bond acceptors (Lipinski definition) is 3. The molecule has 0 aromatic heterocycles. The lowest BCUT2D eigenvalue weighted by Gasteiger charge is -2.10. The Labute approximate surface area is 219 Å². The van der Waals surface area contributed by atoms with E-state index in [9.17, 15) is 4.79 Å². The molecule has 0 saturated carbocycles. The van der Waals surface area contributed by atoms with Crippen LogP contribution >= 0.6 is 23.2 Å². The fourth-order valence-electron chi connectivity index (χ4n) is 4.09. The molecular weight excluding hydrogens is 491 g/mol. The maximum atomic E-state index is 12.7. The zero-order valence-corrected chi connectivity index (χ0v) is 21.0. The average molecular weight is 513 g/mol. The van der Waals surface area contributed by atoms with Gasteiger partial charge in [0.2, 0.25) is 0 Å². The summed E-state index contributed by atoms with van der Waals surface area (Å²) in [6.45, 7) is 2.32. The van der Waals surface area contributed by atoms with Crippen LogP contribution in [0.4, 0.5) is 0 Å². The first-order valence-electron chi connectivity index (χ1n) is 11.4. The second-order valence-corrected chi connectivity index (χ2v) is 9.20. The third kappa shape index (κ3) is 4.92. The normalized spacial score (nSPS) is 11.3. The molecule has 178 valence electrons. The number of nitrogens with zero attached hydrogens (tertiary/aromatic N) is 1. The fourth-order valence-corrected chi connectivity index (χ4v) is 4.54. The molecule has 36 heavy (non-hydrogen) atoms. The lowest BCUT2D eigenvalue weighted by molar-refractivity contribution is 0.0955. The Bertz CT molecular complexity index is 1550. The lowest BCUT2D eigenvalue weighted by Crippen LogP contribution is -2.17. The van der Waals surface area contributed by atoms with Crippen LogP contribution in [0.3, 0.4) is 0 Å². The van der Waals surface area contributed by atoms with Crippen molar-refractivity contribution >= 4 is 56.9 Å². The molecule has 1 N–H and O–H groups in total. The van der Waals surface area contributed by atoms with E-state index in [-0.39, 0.29) is 5.91 Å². The van der Waals surface area contributed by atoms with E-state index in [1.165, 1.54) is 0 Å². The van der Waals surface area contributed by atoms with E-state index in [2.05, 4.69) is 10.5 Å². The Morgan fingerprint density at radius 3 is 2.08 bits per heavy atom. The molecule has 0 aliphatic rings. The highest BCUT2D eigenvalue weighted by molar-refractivity contribution is 6.42. The average Bonchev–Trinajstić information content (AvgIpc) is 2.91. The highest BCUT2D eigenvalue weighted by Crippen LogP contribution is 2.35. The molecule has 0 saturated heterocycles. The van der Waals surface area contributed by atoms with Crippen molar-refractivity contribution in [3.05, 3.63) is 123 Å². The zero-order chi connectivity index (χ0) is 25.1. The minimum atomic E-state index is -0.297. The summed E-state index contributed by atoms with van der Waals surface area (Å²) >= 11 is 12.7. The van der Waals surface area contributed by atoms with Crippen LogP contribution < -0.4 is 10.2 Å². The van der Waals surface area contributed by atoms with E-state index in [1.54, 1.807) is 18.3 Å². The molecule has 4 nitrogen and oxygen atoms in total. The van der Waals surface area contributed by atoms with Crippen LogP contribution in [0, 0.1) is 6.92 Å². The number of hydrazone groups is 1. The van der Waals surface area contributed by atoms with Gasteiger partial charge in [-0.05, 0) is 59.2 Å². The fraction of sp³-hybridized carbons (Fsp3) is 0.0667. The number of halogens is 2. The van der Waals surface area contributed by atoms with E-state index >= 15 is 0 Å². The van der Waals surface area contributed by atoms with Crippen LogP contribution in [-0.4, -0.2) is 12.1 Å². The third-order valence-electron chi connectivity index (χ3n) is 6.02. The van der Waals surface area contributed by atoms with Crippen molar-refractivity contribution in [1.29, 1.82) is 0 Å². The van der Waals surface area contributed by atoms with Crippen LogP contribution in [-0.2, 0) is 6.61 Å². The molecule has 0 fully saturated rings. The van der Waals surface area contributed by atoms with Crippen molar-refractivity contribution in [3.8, 4) is 5.75 Å². The van der Waals surface area contributed by atoms with Gasteiger partial charge in [0.05, 0.1) is 11.2 Å². The van der Waals surface area contributed by atoms with Crippen molar-refractivity contribution in [1.82, 2.24) is 5.43 Å². The number of carbonyl (C=O) groups is 1. The smallest absolute Gasteiger partial charge is 0.271 e. The molecule has 0 bridgehead atoms. The molecule has 1 amide bonds. The van der Waals surface area contributed by atoms with Crippen molar-refractivity contribution in [2.75, 3.05) is 0 Å². The summed E-state index contributed by atoms with van der Waals surface area (Å²) in [5.41, 5.74) is 5.94. The Balaban J connectivity index is 1.30. The largest absolute Gasteiger partial charge is 0.489 e. The summed E-state index contributed by atoms with van der Waals surface area (Å²) in [5, 5.41) is 9.50. The summed E-state index contributed by atoms with van der Waals surface area (Å²) < 4.78 is 5.83. The number of ether oxygens (including phenoxy) is 1. The monoisotopic (exact) mass is 512 g/mol. The predicted molar refractivity (Wildman–Crippen MR) is 148 cm³/mol. The molecule has 0 heterocycles. The molecule has 0 unspecified atom stereocenters. The van der Waals surface area contributed by atoms with Gasteiger partial charge in [0, 0.05) is 26.9 Å². The quantitative estimate of drug-likeness (QED) is 0.142. The van der Waals surface area contributed by atoms with E-state index in [0.717, 1.165) is 44.0 Å². The number of amides is 1. The van der Waals surface area contributed by atoms with Gasteiger partial charge >= 0.3 is 0 Å². The molecule has 0 radical (unpaired) electrons. The molecule has 5 aromatic carbocycles. The van der Waals surface area contributed by atoms with Crippen LogP contribution in [0.2, 0.25) is 10.0 Å². The number of aryl methyl sites for hydroxylation is 1. The number of hydrogen-bond donors (Lipinski definition) is 1. The highest BCUT2D eigenvalue weighted by Gasteiger charge is 2.11. The van der Waals surface area contributed by atoms with Gasteiger partial charge in [-0.25, -0.2) is 5.43 Å². The first-order chi connectivity index (χ1) is 17.5. The number of fused-ring (bicyclic) bond motifs is 2. The van der Waals surface area contributed by atoms with Gasteiger partial charge in [-0.3, -0.25) is 4.79 Å². The number of benzene rings is 5. The van der Waals surface area contributed by atoms with Crippen molar-refractivity contribution in [3.63, 3.8) is 0 Å². The molecule has 5 rings (SSSR count). The molecule has 0 aliphatic carbocycles. The minimum Gasteiger partial charge on any atom is -0.489 e. The highest BCUT2D eigenvalue weighted by atomic mass is 35.5. The minimum absolute atomic E-state index is 0.297. The number of nitrogens with one attached hydrogen (secondary N) is 1. The summed E-state index contributed by atoms with van der Waals surface area (Å²) in [5.74, 6) is 0.449. The lowest BCUT2D eigenvalue weighted by atomic mass is 9.97. The van der Waals surface area contributed by atoms with Gasteiger partial charge in [-0.2, -0.15) is 5.10 Å². The number of rotatable bonds is 6. The Morgan fingerprint density at radius 1 is 0.861 bits per heavy atom. The van der Waals surface area contributed by atoms with Crippen molar-refractivity contribution < 1.29 is 9.53 Å². The Kier molecular flexibility index (Phi) is 6.90. The van der Waals surface area contributed by atoms with Crippen LogP contribution in [0.5, 0.6) is 5.75 Å². The maximum absolute atomic E-state index is 12.7. The predicted octanol–water partition coefficient (Wildman–Crippen LogP) is 7.95.